The third-order valence-corrected chi connectivity index (χ3v) is 2.63. The zero-order valence-electron chi connectivity index (χ0n) is 8.47. The third-order valence-electron chi connectivity index (χ3n) is 1.58. The van der Waals surface area contributed by atoms with E-state index in [4.69, 9.17) is 21.5 Å². The monoisotopic (exact) mass is 266 g/mol. The molecule has 0 aliphatic carbocycles. The van der Waals surface area contributed by atoms with Gasteiger partial charge in [0.15, 0.2) is 5.82 Å². The van der Waals surface area contributed by atoms with Crippen molar-refractivity contribution in [1.29, 1.82) is 0 Å². The van der Waals surface area contributed by atoms with Crippen molar-refractivity contribution >= 4 is 27.4 Å². The summed E-state index contributed by atoms with van der Waals surface area (Å²) in [6.45, 7) is 0.110. The summed E-state index contributed by atoms with van der Waals surface area (Å²) in [4.78, 5) is 7.66. The predicted octanol–water partition coefficient (Wildman–Crippen LogP) is -0.161. The largest absolute Gasteiger partial charge is 0.467 e. The Bertz CT molecular complexity index is 465. The molecule has 1 heterocycles. The van der Waals surface area contributed by atoms with Crippen molar-refractivity contribution < 1.29 is 13.2 Å². The summed E-state index contributed by atoms with van der Waals surface area (Å²) >= 11 is 5.78. The molecule has 7 nitrogen and oxygen atoms in total. The first-order valence-electron chi connectivity index (χ1n) is 4.23. The van der Waals surface area contributed by atoms with Crippen LogP contribution in [0.15, 0.2) is 6.20 Å². The number of primary sulfonamides is 1. The smallest absolute Gasteiger partial charge is 0.318 e. The van der Waals surface area contributed by atoms with Crippen LogP contribution in [0.1, 0.15) is 0 Å². The highest BCUT2D eigenvalue weighted by Crippen LogP contribution is 2.19. The van der Waals surface area contributed by atoms with Gasteiger partial charge in [0.25, 0.3) is 0 Å². The molecule has 0 fully saturated rings. The van der Waals surface area contributed by atoms with Crippen LogP contribution in [0.2, 0.25) is 5.02 Å². The van der Waals surface area contributed by atoms with E-state index in [1.807, 2.05) is 0 Å². The van der Waals surface area contributed by atoms with Gasteiger partial charge < -0.3 is 10.1 Å². The van der Waals surface area contributed by atoms with E-state index in [0.29, 0.717) is 5.82 Å². The lowest BCUT2D eigenvalue weighted by molar-refractivity contribution is 0.380. The number of methoxy groups -OCH3 is 1. The Balaban J connectivity index is 2.66. The lowest BCUT2D eigenvalue weighted by Crippen LogP contribution is -2.22. The standard InChI is InChI=1S/C7H11ClN4O3S/c1-15-7-11-4-5(8)6(12-7)10-2-3-16(9,13)14/h4H,2-3H2,1H3,(H2,9,13,14)(H,10,11,12). The van der Waals surface area contributed by atoms with E-state index in [-0.39, 0.29) is 23.3 Å². The van der Waals surface area contributed by atoms with Crippen molar-refractivity contribution in [2.24, 2.45) is 5.14 Å². The third kappa shape index (κ3) is 4.17. The van der Waals surface area contributed by atoms with Crippen molar-refractivity contribution in [3.05, 3.63) is 11.2 Å². The zero-order valence-corrected chi connectivity index (χ0v) is 10.0. The van der Waals surface area contributed by atoms with E-state index < -0.39 is 10.0 Å². The Morgan fingerprint density at radius 2 is 2.31 bits per heavy atom. The molecule has 0 aliphatic rings. The number of aromatic nitrogens is 2. The summed E-state index contributed by atoms with van der Waals surface area (Å²) in [5.41, 5.74) is 0. The quantitative estimate of drug-likeness (QED) is 0.767. The summed E-state index contributed by atoms with van der Waals surface area (Å²) in [7, 11) is -2.09. The Morgan fingerprint density at radius 3 is 2.88 bits per heavy atom. The molecule has 0 saturated heterocycles. The van der Waals surface area contributed by atoms with Gasteiger partial charge in [-0.15, -0.1) is 0 Å². The first kappa shape index (κ1) is 12.9. The molecule has 1 aromatic rings. The van der Waals surface area contributed by atoms with Crippen LogP contribution in [-0.2, 0) is 10.0 Å². The van der Waals surface area contributed by atoms with E-state index in [0.717, 1.165) is 0 Å². The maximum absolute atomic E-state index is 10.7. The van der Waals surface area contributed by atoms with Crippen LogP contribution in [0.25, 0.3) is 0 Å². The molecule has 0 radical (unpaired) electrons. The maximum atomic E-state index is 10.7. The summed E-state index contributed by atoms with van der Waals surface area (Å²) in [6.07, 6.45) is 1.35. The molecular formula is C7H11ClN4O3S. The maximum Gasteiger partial charge on any atom is 0.318 e. The summed E-state index contributed by atoms with van der Waals surface area (Å²) in [5, 5.41) is 7.83. The van der Waals surface area contributed by atoms with Crippen LogP contribution in [0.4, 0.5) is 5.82 Å². The van der Waals surface area contributed by atoms with Gasteiger partial charge in [0.2, 0.25) is 10.0 Å². The fraction of sp³-hybridized carbons (Fsp3) is 0.429. The van der Waals surface area contributed by atoms with Gasteiger partial charge in [-0.05, 0) is 0 Å². The van der Waals surface area contributed by atoms with E-state index in [9.17, 15) is 8.42 Å². The van der Waals surface area contributed by atoms with E-state index in [1.165, 1.54) is 13.3 Å². The van der Waals surface area contributed by atoms with Gasteiger partial charge in [0, 0.05) is 6.54 Å². The predicted molar refractivity (Wildman–Crippen MR) is 60.1 cm³/mol. The van der Waals surface area contributed by atoms with Gasteiger partial charge in [0.05, 0.1) is 19.1 Å². The number of nitrogens with two attached hydrogens (primary N) is 1. The van der Waals surface area contributed by atoms with Gasteiger partial charge in [0.1, 0.15) is 5.02 Å². The Kier molecular flexibility index (Phi) is 4.27. The Morgan fingerprint density at radius 1 is 1.62 bits per heavy atom. The molecule has 0 aliphatic heterocycles. The van der Waals surface area contributed by atoms with Crippen molar-refractivity contribution in [3.8, 4) is 6.01 Å². The number of hydrogen-bond donors (Lipinski definition) is 2. The lowest BCUT2D eigenvalue weighted by Gasteiger charge is -2.07. The highest BCUT2D eigenvalue weighted by Gasteiger charge is 2.07. The molecule has 16 heavy (non-hydrogen) atoms. The molecule has 90 valence electrons. The number of nitrogens with one attached hydrogen (secondary N) is 1. The molecule has 9 heteroatoms. The molecule has 0 atom stereocenters. The number of hydrogen-bond acceptors (Lipinski definition) is 6. The molecule has 0 bridgehead atoms. The molecule has 0 aromatic carbocycles. The van der Waals surface area contributed by atoms with Gasteiger partial charge in [-0.2, -0.15) is 4.98 Å². The van der Waals surface area contributed by atoms with E-state index in [2.05, 4.69) is 15.3 Å². The second kappa shape index (κ2) is 5.28. The average molecular weight is 267 g/mol. The van der Waals surface area contributed by atoms with Gasteiger partial charge in [-0.3, -0.25) is 0 Å². The number of nitrogens with zero attached hydrogens (tertiary/aromatic N) is 2. The molecule has 3 N–H and O–H groups in total. The molecule has 0 amide bonds. The molecule has 1 aromatic heterocycles. The highest BCUT2D eigenvalue weighted by atomic mass is 35.5. The summed E-state index contributed by atoms with van der Waals surface area (Å²) in [6, 6.07) is 0.141. The Labute approximate surface area is 98.0 Å². The fourth-order valence-electron chi connectivity index (χ4n) is 0.885. The molecule has 0 saturated carbocycles. The SMILES string of the molecule is COc1ncc(Cl)c(NCCS(N)(=O)=O)n1. The minimum absolute atomic E-state index is 0.110. The first-order chi connectivity index (χ1) is 7.42. The topological polar surface area (TPSA) is 107 Å². The van der Waals surface area contributed by atoms with Crippen LogP contribution in [-0.4, -0.2) is 37.8 Å². The summed E-state index contributed by atoms with van der Waals surface area (Å²) in [5.74, 6) is 0.0903. The second-order valence-electron chi connectivity index (χ2n) is 2.85. The van der Waals surface area contributed by atoms with Gasteiger partial charge in [-0.1, -0.05) is 11.6 Å². The summed E-state index contributed by atoms with van der Waals surface area (Å²) < 4.78 is 26.1. The fourth-order valence-corrected chi connectivity index (χ4v) is 1.43. The minimum atomic E-state index is -3.50. The lowest BCUT2D eigenvalue weighted by atomic mass is 10.5. The van der Waals surface area contributed by atoms with Crippen molar-refractivity contribution in [1.82, 2.24) is 9.97 Å². The van der Waals surface area contributed by atoms with E-state index >= 15 is 0 Å². The molecule has 0 unspecified atom stereocenters. The normalized spacial score (nSPS) is 11.2. The molecule has 0 spiro atoms. The Hall–Kier alpha value is -1.12. The van der Waals surface area contributed by atoms with Gasteiger partial charge >= 0.3 is 6.01 Å². The molecular weight excluding hydrogens is 256 g/mol. The first-order valence-corrected chi connectivity index (χ1v) is 6.32. The molecule has 1 rings (SSSR count). The second-order valence-corrected chi connectivity index (χ2v) is 4.99. The van der Waals surface area contributed by atoms with Crippen LogP contribution in [0.5, 0.6) is 6.01 Å². The van der Waals surface area contributed by atoms with Crippen molar-refractivity contribution in [2.75, 3.05) is 24.7 Å². The number of rotatable bonds is 5. The average Bonchev–Trinajstić information content (AvgIpc) is 2.19. The van der Waals surface area contributed by atoms with Crippen LogP contribution in [0.3, 0.4) is 0 Å². The number of sulfonamides is 1. The van der Waals surface area contributed by atoms with Crippen LogP contribution in [0, 0.1) is 0 Å². The number of ether oxygens (including phenoxy) is 1. The highest BCUT2D eigenvalue weighted by molar-refractivity contribution is 7.89. The zero-order chi connectivity index (χ0) is 12.2. The van der Waals surface area contributed by atoms with Gasteiger partial charge in [-0.25, -0.2) is 18.5 Å². The van der Waals surface area contributed by atoms with Crippen molar-refractivity contribution in [3.63, 3.8) is 0 Å². The number of anilines is 1. The number of halogens is 1. The van der Waals surface area contributed by atoms with Crippen LogP contribution >= 0.6 is 11.6 Å². The van der Waals surface area contributed by atoms with Crippen molar-refractivity contribution in [2.45, 2.75) is 0 Å². The minimum Gasteiger partial charge on any atom is -0.467 e. The van der Waals surface area contributed by atoms with Crippen LogP contribution < -0.4 is 15.2 Å². The van der Waals surface area contributed by atoms with E-state index in [1.54, 1.807) is 0 Å².